The highest BCUT2D eigenvalue weighted by Gasteiger charge is 2.11. The molecule has 0 aliphatic carbocycles. The first-order valence-electron chi connectivity index (χ1n) is 8.18. The van der Waals surface area contributed by atoms with Gasteiger partial charge in [0.15, 0.2) is 5.76 Å². The number of aromatic nitrogens is 4. The van der Waals surface area contributed by atoms with Crippen LogP contribution in [0.2, 0.25) is 0 Å². The molecule has 0 unspecified atom stereocenters. The molecule has 0 radical (unpaired) electrons. The predicted octanol–water partition coefficient (Wildman–Crippen LogP) is 3.77. The first-order chi connectivity index (χ1) is 13.6. The molecule has 7 nitrogen and oxygen atoms in total. The predicted molar refractivity (Wildman–Crippen MR) is 95.4 cm³/mol. The third kappa shape index (κ3) is 3.93. The lowest BCUT2D eigenvalue weighted by molar-refractivity contribution is 0.424. The van der Waals surface area contributed by atoms with Gasteiger partial charge in [0.25, 0.3) is 0 Å². The fraction of sp³-hybridized carbons (Fsp3) is 0.0526. The molecule has 4 aromatic rings. The van der Waals surface area contributed by atoms with Crippen molar-refractivity contribution in [1.29, 1.82) is 0 Å². The molecule has 0 spiro atoms. The lowest BCUT2D eigenvalue weighted by Gasteiger charge is -2.04. The minimum atomic E-state index is -0.747. The van der Waals surface area contributed by atoms with Gasteiger partial charge in [-0.25, -0.2) is 23.7 Å². The Morgan fingerprint density at radius 2 is 1.75 bits per heavy atom. The van der Waals surface area contributed by atoms with Gasteiger partial charge in [0.05, 0.1) is 11.3 Å². The SMILES string of the molecule is Nc1ncccc1-c1cc(Cc2cnc(Oc3cc(F)cc(F)c3)nc2)no1. The summed E-state index contributed by atoms with van der Waals surface area (Å²) in [4.78, 5) is 12.1. The van der Waals surface area contributed by atoms with Crippen LogP contribution in [0.15, 0.2) is 59.5 Å². The van der Waals surface area contributed by atoms with Crippen LogP contribution in [-0.4, -0.2) is 20.1 Å². The second-order valence-corrected chi connectivity index (χ2v) is 5.88. The minimum absolute atomic E-state index is 0.0274. The summed E-state index contributed by atoms with van der Waals surface area (Å²) in [5, 5.41) is 4.01. The summed E-state index contributed by atoms with van der Waals surface area (Å²) in [6, 6.07) is 8.11. The topological polar surface area (TPSA) is 100.0 Å². The fourth-order valence-corrected chi connectivity index (χ4v) is 2.54. The number of benzene rings is 1. The third-order valence-corrected chi connectivity index (χ3v) is 3.78. The van der Waals surface area contributed by atoms with E-state index < -0.39 is 11.6 Å². The second kappa shape index (κ2) is 7.39. The van der Waals surface area contributed by atoms with Crippen molar-refractivity contribution in [1.82, 2.24) is 20.1 Å². The van der Waals surface area contributed by atoms with E-state index in [1.54, 1.807) is 24.4 Å². The van der Waals surface area contributed by atoms with Crippen LogP contribution in [0.5, 0.6) is 11.8 Å². The van der Waals surface area contributed by atoms with Gasteiger partial charge in [-0.05, 0) is 17.7 Å². The largest absolute Gasteiger partial charge is 0.424 e. The number of ether oxygens (including phenoxy) is 1. The zero-order valence-corrected chi connectivity index (χ0v) is 14.3. The van der Waals surface area contributed by atoms with Crippen LogP contribution in [-0.2, 0) is 6.42 Å². The van der Waals surface area contributed by atoms with Crippen LogP contribution >= 0.6 is 0 Å². The van der Waals surface area contributed by atoms with Crippen molar-refractivity contribution in [2.24, 2.45) is 0 Å². The van der Waals surface area contributed by atoms with Crippen molar-refractivity contribution in [2.45, 2.75) is 6.42 Å². The van der Waals surface area contributed by atoms with Gasteiger partial charge < -0.3 is 15.0 Å². The molecule has 0 fully saturated rings. The Balaban J connectivity index is 1.46. The zero-order valence-electron chi connectivity index (χ0n) is 14.3. The van der Waals surface area contributed by atoms with Gasteiger partial charge in [0.1, 0.15) is 23.2 Å². The van der Waals surface area contributed by atoms with E-state index >= 15 is 0 Å². The van der Waals surface area contributed by atoms with Crippen molar-refractivity contribution in [3.05, 3.63) is 77.9 Å². The summed E-state index contributed by atoms with van der Waals surface area (Å²) in [5.41, 5.74) is 7.89. The van der Waals surface area contributed by atoms with Gasteiger partial charge in [-0.15, -0.1) is 0 Å². The smallest absolute Gasteiger partial charge is 0.321 e. The van der Waals surface area contributed by atoms with Gasteiger partial charge in [-0.1, -0.05) is 5.16 Å². The Morgan fingerprint density at radius 1 is 1.00 bits per heavy atom. The molecule has 1 aromatic carbocycles. The average molecular weight is 381 g/mol. The van der Waals surface area contributed by atoms with E-state index in [1.807, 2.05) is 0 Å². The van der Waals surface area contributed by atoms with Gasteiger partial charge in [-0.3, -0.25) is 0 Å². The number of hydrogen-bond donors (Lipinski definition) is 1. The number of rotatable bonds is 5. The Bertz CT molecular complexity index is 1100. The van der Waals surface area contributed by atoms with Gasteiger partial charge >= 0.3 is 6.01 Å². The van der Waals surface area contributed by atoms with E-state index in [9.17, 15) is 8.78 Å². The first kappa shape index (κ1) is 17.5. The quantitative estimate of drug-likeness (QED) is 0.562. The standard InChI is InChI=1S/C19H13F2N5O2/c20-12-5-13(21)7-15(6-12)27-19-24-9-11(10-25-19)4-14-8-17(28-26-14)16-2-1-3-23-18(16)22/h1-3,5-10H,4H2,(H2,22,23). The summed E-state index contributed by atoms with van der Waals surface area (Å²) in [5.74, 6) is -0.663. The van der Waals surface area contributed by atoms with Crippen LogP contribution < -0.4 is 10.5 Å². The molecular formula is C19H13F2N5O2. The summed E-state index contributed by atoms with van der Waals surface area (Å²) in [6.45, 7) is 0. The fourth-order valence-electron chi connectivity index (χ4n) is 2.54. The molecular weight excluding hydrogens is 368 g/mol. The lowest BCUT2D eigenvalue weighted by atomic mass is 10.1. The van der Waals surface area contributed by atoms with Gasteiger partial charge in [0, 0.05) is 49.3 Å². The molecule has 0 bridgehead atoms. The minimum Gasteiger partial charge on any atom is -0.424 e. The van der Waals surface area contributed by atoms with E-state index in [4.69, 9.17) is 15.0 Å². The number of nitrogens with zero attached hydrogens (tertiary/aromatic N) is 4. The van der Waals surface area contributed by atoms with Crippen molar-refractivity contribution < 1.29 is 18.0 Å². The summed E-state index contributed by atoms with van der Waals surface area (Å²) in [7, 11) is 0. The lowest BCUT2D eigenvalue weighted by Crippen LogP contribution is -1.96. The number of hydrogen-bond acceptors (Lipinski definition) is 7. The number of anilines is 1. The highest BCUT2D eigenvalue weighted by Crippen LogP contribution is 2.25. The number of halogens is 2. The van der Waals surface area contributed by atoms with Crippen molar-refractivity contribution in [3.8, 4) is 23.1 Å². The van der Waals surface area contributed by atoms with Crippen LogP contribution in [0.25, 0.3) is 11.3 Å². The van der Waals surface area contributed by atoms with Crippen LogP contribution in [0, 0.1) is 11.6 Å². The Kier molecular flexibility index (Phi) is 4.63. The zero-order chi connectivity index (χ0) is 19.5. The second-order valence-electron chi connectivity index (χ2n) is 5.88. The number of nitrogen functional groups attached to an aromatic ring is 1. The third-order valence-electron chi connectivity index (χ3n) is 3.78. The average Bonchev–Trinajstić information content (AvgIpc) is 3.11. The van der Waals surface area contributed by atoms with Crippen LogP contribution in [0.3, 0.4) is 0 Å². The monoisotopic (exact) mass is 381 g/mol. The molecule has 0 saturated heterocycles. The number of nitrogens with two attached hydrogens (primary N) is 1. The van der Waals surface area contributed by atoms with Crippen LogP contribution in [0.4, 0.5) is 14.6 Å². The molecule has 3 aromatic heterocycles. The maximum Gasteiger partial charge on any atom is 0.321 e. The van der Waals surface area contributed by atoms with E-state index in [1.165, 1.54) is 12.4 Å². The summed E-state index contributed by atoms with van der Waals surface area (Å²) >= 11 is 0. The summed E-state index contributed by atoms with van der Waals surface area (Å²) in [6.07, 6.45) is 5.07. The Labute approximate surface area is 157 Å². The first-order valence-corrected chi connectivity index (χ1v) is 8.18. The maximum atomic E-state index is 13.2. The molecule has 0 saturated carbocycles. The Hall–Kier alpha value is -3.88. The van der Waals surface area contributed by atoms with E-state index in [-0.39, 0.29) is 11.8 Å². The molecule has 0 aliphatic heterocycles. The van der Waals surface area contributed by atoms with Crippen molar-refractivity contribution >= 4 is 5.82 Å². The summed E-state index contributed by atoms with van der Waals surface area (Å²) < 4.78 is 37.0. The van der Waals surface area contributed by atoms with Gasteiger partial charge in [0.2, 0.25) is 0 Å². The molecule has 2 N–H and O–H groups in total. The van der Waals surface area contributed by atoms with E-state index in [0.29, 0.717) is 29.3 Å². The van der Waals surface area contributed by atoms with E-state index in [0.717, 1.165) is 23.8 Å². The van der Waals surface area contributed by atoms with Gasteiger partial charge in [-0.2, -0.15) is 0 Å². The van der Waals surface area contributed by atoms with Crippen molar-refractivity contribution in [3.63, 3.8) is 0 Å². The highest BCUT2D eigenvalue weighted by atomic mass is 19.1. The molecule has 3 heterocycles. The molecule has 4 rings (SSSR count). The van der Waals surface area contributed by atoms with Crippen molar-refractivity contribution in [2.75, 3.05) is 5.73 Å². The molecule has 28 heavy (non-hydrogen) atoms. The maximum absolute atomic E-state index is 13.2. The molecule has 0 amide bonds. The molecule has 140 valence electrons. The van der Waals surface area contributed by atoms with E-state index in [2.05, 4.69) is 20.1 Å². The number of pyridine rings is 1. The van der Waals surface area contributed by atoms with Crippen LogP contribution in [0.1, 0.15) is 11.3 Å². The normalized spacial score (nSPS) is 10.8. The Morgan fingerprint density at radius 3 is 2.46 bits per heavy atom. The molecule has 9 heteroatoms. The highest BCUT2D eigenvalue weighted by molar-refractivity contribution is 5.69. The molecule has 0 atom stereocenters. The molecule has 0 aliphatic rings.